The summed E-state index contributed by atoms with van der Waals surface area (Å²) in [5.41, 5.74) is 17.6. The molecule has 0 atom stereocenters. The lowest BCUT2D eigenvalue weighted by atomic mass is 9.79. The van der Waals surface area contributed by atoms with E-state index in [4.69, 9.17) is 0 Å². The molecule has 0 nitrogen and oxygen atoms in total. The standard InChI is InChI=1S/C45H36/c1-27-13-12-18-36-41(27)43(29-22-24-33-31-15-9-11-20-38(31)45(4,5)40(33)26-29)35-17-7-6-16-34(35)42(36)28-21-23-32-30-14-8-10-19-37(30)44(2,3)39(32)25-28/h6-26H,1-5H3. The van der Waals surface area contributed by atoms with Gasteiger partial charge in [-0.1, -0.05) is 143 Å². The Morgan fingerprint density at radius 2 is 0.822 bits per heavy atom. The van der Waals surface area contributed by atoms with Crippen LogP contribution in [0.1, 0.15) is 55.5 Å². The predicted octanol–water partition coefficient (Wildman–Crippen LogP) is 12.2. The van der Waals surface area contributed by atoms with E-state index in [9.17, 15) is 0 Å². The number of fused-ring (bicyclic) bond motifs is 8. The Bertz CT molecular complexity index is 2380. The van der Waals surface area contributed by atoms with Crippen LogP contribution in [0.2, 0.25) is 0 Å². The molecule has 0 bridgehead atoms. The van der Waals surface area contributed by atoms with Crippen molar-refractivity contribution >= 4 is 21.5 Å². The van der Waals surface area contributed by atoms with Crippen LogP contribution in [-0.2, 0) is 10.8 Å². The van der Waals surface area contributed by atoms with Crippen molar-refractivity contribution in [3.63, 3.8) is 0 Å². The number of benzene rings is 7. The Morgan fingerprint density at radius 3 is 1.40 bits per heavy atom. The number of hydrogen-bond acceptors (Lipinski definition) is 0. The van der Waals surface area contributed by atoms with Gasteiger partial charge in [-0.05, 0) is 113 Å². The van der Waals surface area contributed by atoms with Crippen LogP contribution in [0.25, 0.3) is 66.1 Å². The Balaban J connectivity index is 1.33. The van der Waals surface area contributed by atoms with Gasteiger partial charge in [-0.2, -0.15) is 0 Å². The van der Waals surface area contributed by atoms with Crippen molar-refractivity contribution in [3.05, 3.63) is 155 Å². The molecular formula is C45H36. The largest absolute Gasteiger partial charge is 0.0619 e. The lowest BCUT2D eigenvalue weighted by molar-refractivity contribution is 0.660. The fraction of sp³-hybridized carbons (Fsp3) is 0.156. The molecule has 0 aromatic heterocycles. The SMILES string of the molecule is Cc1cccc2c(-c3ccc4c(c3)C(C)(C)c3ccccc3-4)c3ccccc3c(-c3ccc4c(c3)C(C)(C)c3ccccc3-4)c12. The van der Waals surface area contributed by atoms with Gasteiger partial charge in [0.25, 0.3) is 0 Å². The third-order valence-electron chi connectivity index (χ3n) is 11.0. The fourth-order valence-electron chi connectivity index (χ4n) is 8.74. The Hall–Kier alpha value is -4.94. The first-order valence-electron chi connectivity index (χ1n) is 16.2. The molecule has 0 spiro atoms. The molecule has 0 fully saturated rings. The summed E-state index contributed by atoms with van der Waals surface area (Å²) in [5.74, 6) is 0. The minimum absolute atomic E-state index is 0.0435. The molecule has 0 heteroatoms. The van der Waals surface area contributed by atoms with Crippen LogP contribution in [0.3, 0.4) is 0 Å². The van der Waals surface area contributed by atoms with Gasteiger partial charge in [-0.3, -0.25) is 0 Å². The van der Waals surface area contributed by atoms with E-state index in [2.05, 4.69) is 162 Å². The van der Waals surface area contributed by atoms with Gasteiger partial charge in [-0.25, -0.2) is 0 Å². The minimum atomic E-state index is -0.0443. The van der Waals surface area contributed by atoms with Gasteiger partial charge < -0.3 is 0 Å². The van der Waals surface area contributed by atoms with Gasteiger partial charge in [-0.15, -0.1) is 0 Å². The average Bonchev–Trinajstić information content (AvgIpc) is 3.43. The number of rotatable bonds is 2. The van der Waals surface area contributed by atoms with E-state index in [0.29, 0.717) is 0 Å². The smallest absolute Gasteiger partial charge is 0.0159 e. The lowest BCUT2D eigenvalue weighted by Gasteiger charge is -2.24. The van der Waals surface area contributed by atoms with E-state index >= 15 is 0 Å². The summed E-state index contributed by atoms with van der Waals surface area (Å²) in [5, 5.41) is 5.29. The lowest BCUT2D eigenvalue weighted by Crippen LogP contribution is -2.15. The van der Waals surface area contributed by atoms with Gasteiger partial charge in [0, 0.05) is 10.8 Å². The van der Waals surface area contributed by atoms with Crippen LogP contribution in [-0.4, -0.2) is 0 Å². The molecule has 0 amide bonds. The van der Waals surface area contributed by atoms with Crippen LogP contribution in [0.4, 0.5) is 0 Å². The molecule has 45 heavy (non-hydrogen) atoms. The van der Waals surface area contributed by atoms with Gasteiger partial charge in [0.2, 0.25) is 0 Å². The number of aryl methyl sites for hydroxylation is 1. The zero-order chi connectivity index (χ0) is 30.7. The molecular weight excluding hydrogens is 540 g/mol. The summed E-state index contributed by atoms with van der Waals surface area (Å²) in [7, 11) is 0. The summed E-state index contributed by atoms with van der Waals surface area (Å²) >= 11 is 0. The van der Waals surface area contributed by atoms with E-state index in [1.165, 1.54) is 93.9 Å². The number of hydrogen-bond donors (Lipinski definition) is 0. The van der Waals surface area contributed by atoms with E-state index in [1.807, 2.05) is 0 Å². The molecule has 0 radical (unpaired) electrons. The summed E-state index contributed by atoms with van der Waals surface area (Å²) in [6, 6.07) is 48.2. The second kappa shape index (κ2) is 9.05. The van der Waals surface area contributed by atoms with Crippen LogP contribution in [0.5, 0.6) is 0 Å². The van der Waals surface area contributed by atoms with Gasteiger partial charge >= 0.3 is 0 Å². The summed E-state index contributed by atoms with van der Waals surface area (Å²) in [4.78, 5) is 0. The van der Waals surface area contributed by atoms with Crippen molar-refractivity contribution in [2.24, 2.45) is 0 Å². The van der Waals surface area contributed by atoms with Crippen molar-refractivity contribution in [2.45, 2.75) is 45.4 Å². The zero-order valence-corrected chi connectivity index (χ0v) is 26.6. The third kappa shape index (κ3) is 3.49. The van der Waals surface area contributed by atoms with Crippen molar-refractivity contribution in [1.29, 1.82) is 0 Å². The third-order valence-corrected chi connectivity index (χ3v) is 11.0. The van der Waals surface area contributed by atoms with Crippen molar-refractivity contribution < 1.29 is 0 Å². The highest BCUT2D eigenvalue weighted by Gasteiger charge is 2.37. The highest BCUT2D eigenvalue weighted by Crippen LogP contribution is 2.53. The molecule has 0 aliphatic heterocycles. The van der Waals surface area contributed by atoms with Crippen LogP contribution < -0.4 is 0 Å². The van der Waals surface area contributed by atoms with E-state index in [1.54, 1.807) is 0 Å². The maximum atomic E-state index is 2.48. The highest BCUT2D eigenvalue weighted by molar-refractivity contribution is 6.22. The first kappa shape index (κ1) is 26.5. The van der Waals surface area contributed by atoms with Gasteiger partial charge in [0.15, 0.2) is 0 Å². The molecule has 216 valence electrons. The first-order valence-corrected chi connectivity index (χ1v) is 16.2. The molecule has 7 aromatic carbocycles. The van der Waals surface area contributed by atoms with Crippen molar-refractivity contribution in [2.75, 3.05) is 0 Å². The summed E-state index contributed by atoms with van der Waals surface area (Å²) < 4.78 is 0. The quantitative estimate of drug-likeness (QED) is 0.180. The molecule has 0 unspecified atom stereocenters. The van der Waals surface area contributed by atoms with E-state index in [-0.39, 0.29) is 10.8 Å². The zero-order valence-electron chi connectivity index (χ0n) is 26.6. The topological polar surface area (TPSA) is 0 Å². The van der Waals surface area contributed by atoms with Crippen LogP contribution >= 0.6 is 0 Å². The Labute approximate surface area is 266 Å². The van der Waals surface area contributed by atoms with Crippen LogP contribution in [0, 0.1) is 6.92 Å². The van der Waals surface area contributed by atoms with E-state index < -0.39 is 0 Å². The maximum Gasteiger partial charge on any atom is 0.0159 e. The monoisotopic (exact) mass is 576 g/mol. The molecule has 9 rings (SSSR count). The van der Waals surface area contributed by atoms with Crippen molar-refractivity contribution in [3.8, 4) is 44.5 Å². The summed E-state index contributed by atoms with van der Waals surface area (Å²) in [6.45, 7) is 11.8. The van der Waals surface area contributed by atoms with Crippen LogP contribution in [0.15, 0.2) is 127 Å². The minimum Gasteiger partial charge on any atom is -0.0619 e. The second-order valence-electron chi connectivity index (χ2n) is 14.2. The van der Waals surface area contributed by atoms with Crippen molar-refractivity contribution in [1.82, 2.24) is 0 Å². The molecule has 0 saturated carbocycles. The van der Waals surface area contributed by atoms with Gasteiger partial charge in [0.1, 0.15) is 0 Å². The molecule has 2 aliphatic carbocycles. The molecule has 0 N–H and O–H groups in total. The molecule has 7 aromatic rings. The summed E-state index contributed by atoms with van der Waals surface area (Å²) in [6.07, 6.45) is 0. The predicted molar refractivity (Wildman–Crippen MR) is 192 cm³/mol. The highest BCUT2D eigenvalue weighted by atomic mass is 14.4. The Kier molecular flexibility index (Phi) is 5.32. The van der Waals surface area contributed by atoms with E-state index in [0.717, 1.165) is 0 Å². The molecule has 2 aliphatic rings. The van der Waals surface area contributed by atoms with Gasteiger partial charge in [0.05, 0.1) is 0 Å². The maximum absolute atomic E-state index is 2.48. The average molecular weight is 577 g/mol. The molecule has 0 saturated heterocycles. The second-order valence-corrected chi connectivity index (χ2v) is 14.2. The molecule has 0 heterocycles. The fourth-order valence-corrected chi connectivity index (χ4v) is 8.74. The Morgan fingerprint density at radius 1 is 0.378 bits per heavy atom. The normalized spacial score (nSPS) is 15.1. The first-order chi connectivity index (χ1) is 21.8.